The van der Waals surface area contributed by atoms with E-state index in [0.717, 1.165) is 17.2 Å². The molecule has 1 aromatic heterocycles. The lowest BCUT2D eigenvalue weighted by Crippen LogP contribution is -2.57. The number of carbonyl (C=O) groups excluding carboxylic acids is 2. The van der Waals surface area contributed by atoms with Gasteiger partial charge in [0.1, 0.15) is 11.6 Å². The van der Waals surface area contributed by atoms with Gasteiger partial charge in [-0.3, -0.25) is 19.5 Å². The molecule has 2 amide bonds. The minimum absolute atomic E-state index is 0.0581. The molecule has 0 unspecified atom stereocenters. The van der Waals surface area contributed by atoms with Crippen molar-refractivity contribution in [3.8, 4) is 0 Å². The van der Waals surface area contributed by atoms with Crippen molar-refractivity contribution >= 4 is 17.6 Å². The van der Waals surface area contributed by atoms with Crippen LogP contribution in [-0.2, 0) is 16.1 Å². The number of amides is 2. The SMILES string of the molecule is Cc1cnc(C)c(N2CCN(C(=O)C[C@@H]3C(=O)NCCN3Cc3ccccc3F)CC2)n1. The van der Waals surface area contributed by atoms with Crippen LogP contribution in [-0.4, -0.2) is 76.9 Å². The van der Waals surface area contributed by atoms with E-state index in [1.165, 1.54) is 6.07 Å². The molecule has 1 atom stereocenters. The summed E-state index contributed by atoms with van der Waals surface area (Å²) in [5.74, 6) is 0.330. The number of nitrogens with one attached hydrogen (secondary N) is 1. The number of hydrogen-bond acceptors (Lipinski definition) is 6. The van der Waals surface area contributed by atoms with Gasteiger partial charge in [0.25, 0.3) is 0 Å². The third-order valence-corrected chi connectivity index (χ3v) is 6.12. The molecule has 0 bridgehead atoms. The fourth-order valence-corrected chi connectivity index (χ4v) is 4.31. The van der Waals surface area contributed by atoms with E-state index in [-0.39, 0.29) is 24.1 Å². The summed E-state index contributed by atoms with van der Waals surface area (Å²) < 4.78 is 14.1. The normalized spacial score (nSPS) is 19.7. The first-order valence-electron chi connectivity index (χ1n) is 11.0. The highest BCUT2D eigenvalue weighted by Gasteiger charge is 2.34. The Balaban J connectivity index is 1.38. The van der Waals surface area contributed by atoms with E-state index in [1.54, 1.807) is 29.3 Å². The monoisotopic (exact) mass is 440 g/mol. The fourth-order valence-electron chi connectivity index (χ4n) is 4.31. The van der Waals surface area contributed by atoms with Gasteiger partial charge in [-0.2, -0.15) is 0 Å². The summed E-state index contributed by atoms with van der Waals surface area (Å²) in [6.07, 6.45) is 1.84. The Bertz CT molecular complexity index is 992. The van der Waals surface area contributed by atoms with Crippen LogP contribution in [0.4, 0.5) is 10.2 Å². The Labute approximate surface area is 187 Å². The molecule has 4 rings (SSSR count). The average Bonchev–Trinajstić information content (AvgIpc) is 2.79. The Hall–Kier alpha value is -3.07. The smallest absolute Gasteiger partial charge is 0.237 e. The summed E-state index contributed by atoms with van der Waals surface area (Å²) in [6, 6.07) is 5.96. The van der Waals surface area contributed by atoms with Gasteiger partial charge >= 0.3 is 0 Å². The first-order chi connectivity index (χ1) is 15.4. The number of halogens is 1. The van der Waals surface area contributed by atoms with Crippen LogP contribution < -0.4 is 10.2 Å². The highest BCUT2D eigenvalue weighted by molar-refractivity contribution is 5.89. The third kappa shape index (κ3) is 4.88. The standard InChI is InChI=1S/C23H29FN6O2/c1-16-14-26-17(2)22(27-16)29-11-9-28(10-12-29)21(31)13-20-23(32)25-7-8-30(20)15-18-5-3-4-6-19(18)24/h3-6,14,20H,7-13,15H2,1-2H3,(H,25,32)/t20-/m1/s1. The number of benzene rings is 1. The summed E-state index contributed by atoms with van der Waals surface area (Å²) in [5.41, 5.74) is 2.27. The Morgan fingerprint density at radius 3 is 2.66 bits per heavy atom. The maximum absolute atomic E-state index is 14.1. The number of hydrogen-bond donors (Lipinski definition) is 1. The summed E-state index contributed by atoms with van der Waals surface area (Å²) >= 11 is 0. The second kappa shape index (κ2) is 9.60. The topological polar surface area (TPSA) is 81.7 Å². The van der Waals surface area contributed by atoms with Crippen molar-refractivity contribution in [3.63, 3.8) is 0 Å². The molecular formula is C23H29FN6O2. The van der Waals surface area contributed by atoms with Crippen LogP contribution in [0.3, 0.4) is 0 Å². The molecule has 2 saturated heterocycles. The fraction of sp³-hybridized carbons (Fsp3) is 0.478. The number of piperazine rings is 2. The van der Waals surface area contributed by atoms with Gasteiger partial charge in [-0.15, -0.1) is 0 Å². The molecule has 0 spiro atoms. The van der Waals surface area contributed by atoms with Crippen molar-refractivity contribution in [2.75, 3.05) is 44.2 Å². The van der Waals surface area contributed by atoms with Crippen LogP contribution in [0, 0.1) is 19.7 Å². The van der Waals surface area contributed by atoms with Gasteiger partial charge in [-0.05, 0) is 19.9 Å². The van der Waals surface area contributed by atoms with Gasteiger partial charge in [0.15, 0.2) is 0 Å². The predicted octanol–water partition coefficient (Wildman–Crippen LogP) is 1.27. The molecule has 2 aliphatic rings. The van der Waals surface area contributed by atoms with E-state index < -0.39 is 6.04 Å². The molecule has 8 nitrogen and oxygen atoms in total. The molecule has 1 N–H and O–H groups in total. The molecule has 0 saturated carbocycles. The van der Waals surface area contributed by atoms with E-state index in [2.05, 4.69) is 20.2 Å². The van der Waals surface area contributed by atoms with Crippen LogP contribution in [0.25, 0.3) is 0 Å². The molecule has 32 heavy (non-hydrogen) atoms. The van der Waals surface area contributed by atoms with Crippen molar-refractivity contribution in [1.29, 1.82) is 0 Å². The number of aromatic nitrogens is 2. The molecule has 2 aliphatic heterocycles. The maximum atomic E-state index is 14.1. The van der Waals surface area contributed by atoms with Gasteiger partial charge in [0, 0.05) is 57.6 Å². The van der Waals surface area contributed by atoms with Gasteiger partial charge in [-0.25, -0.2) is 9.37 Å². The van der Waals surface area contributed by atoms with E-state index in [9.17, 15) is 14.0 Å². The van der Waals surface area contributed by atoms with Crippen molar-refractivity contribution in [1.82, 2.24) is 25.1 Å². The molecule has 2 fully saturated rings. The Morgan fingerprint density at radius 1 is 1.16 bits per heavy atom. The predicted molar refractivity (Wildman–Crippen MR) is 119 cm³/mol. The van der Waals surface area contributed by atoms with Gasteiger partial charge in [-0.1, -0.05) is 18.2 Å². The Morgan fingerprint density at radius 2 is 1.91 bits per heavy atom. The summed E-state index contributed by atoms with van der Waals surface area (Å²) in [4.78, 5) is 40.4. The van der Waals surface area contributed by atoms with E-state index in [0.29, 0.717) is 51.4 Å². The first-order valence-corrected chi connectivity index (χ1v) is 11.0. The molecule has 9 heteroatoms. The lowest BCUT2D eigenvalue weighted by atomic mass is 10.1. The summed E-state index contributed by atoms with van der Waals surface area (Å²) in [6.45, 7) is 7.69. The largest absolute Gasteiger partial charge is 0.353 e. The van der Waals surface area contributed by atoms with E-state index in [4.69, 9.17) is 0 Å². The van der Waals surface area contributed by atoms with Crippen LogP contribution >= 0.6 is 0 Å². The van der Waals surface area contributed by atoms with Crippen LogP contribution in [0.2, 0.25) is 0 Å². The lowest BCUT2D eigenvalue weighted by Gasteiger charge is -2.38. The molecule has 3 heterocycles. The highest BCUT2D eigenvalue weighted by Crippen LogP contribution is 2.20. The van der Waals surface area contributed by atoms with Crippen molar-refractivity contribution in [2.24, 2.45) is 0 Å². The summed E-state index contributed by atoms with van der Waals surface area (Å²) in [7, 11) is 0. The number of aryl methyl sites for hydroxylation is 2. The molecular weight excluding hydrogens is 411 g/mol. The van der Waals surface area contributed by atoms with E-state index >= 15 is 0 Å². The molecule has 0 radical (unpaired) electrons. The number of nitrogens with zero attached hydrogens (tertiary/aromatic N) is 5. The second-order valence-electron chi connectivity index (χ2n) is 8.36. The number of rotatable bonds is 5. The highest BCUT2D eigenvalue weighted by atomic mass is 19.1. The maximum Gasteiger partial charge on any atom is 0.237 e. The quantitative estimate of drug-likeness (QED) is 0.754. The average molecular weight is 441 g/mol. The van der Waals surface area contributed by atoms with Crippen LogP contribution in [0.5, 0.6) is 0 Å². The van der Waals surface area contributed by atoms with Gasteiger partial charge in [0.2, 0.25) is 11.8 Å². The van der Waals surface area contributed by atoms with Crippen LogP contribution in [0.1, 0.15) is 23.4 Å². The molecule has 0 aliphatic carbocycles. The lowest BCUT2D eigenvalue weighted by molar-refractivity contribution is -0.139. The van der Waals surface area contributed by atoms with Crippen molar-refractivity contribution < 1.29 is 14.0 Å². The van der Waals surface area contributed by atoms with Crippen molar-refractivity contribution in [2.45, 2.75) is 32.9 Å². The first kappa shape index (κ1) is 22.1. The number of carbonyl (C=O) groups is 2. The zero-order chi connectivity index (χ0) is 22.7. The van der Waals surface area contributed by atoms with Gasteiger partial charge in [0.05, 0.1) is 23.9 Å². The third-order valence-electron chi connectivity index (χ3n) is 6.12. The van der Waals surface area contributed by atoms with Crippen LogP contribution in [0.15, 0.2) is 30.5 Å². The van der Waals surface area contributed by atoms with E-state index in [1.807, 2.05) is 18.7 Å². The second-order valence-corrected chi connectivity index (χ2v) is 8.36. The number of anilines is 1. The Kier molecular flexibility index (Phi) is 6.64. The molecule has 1 aromatic carbocycles. The minimum atomic E-state index is -0.598. The zero-order valence-corrected chi connectivity index (χ0v) is 18.6. The minimum Gasteiger partial charge on any atom is -0.353 e. The van der Waals surface area contributed by atoms with Gasteiger partial charge < -0.3 is 15.1 Å². The van der Waals surface area contributed by atoms with Crippen molar-refractivity contribution in [3.05, 3.63) is 53.2 Å². The molecule has 2 aromatic rings. The summed E-state index contributed by atoms with van der Waals surface area (Å²) in [5, 5.41) is 2.84. The molecule has 170 valence electrons. The zero-order valence-electron chi connectivity index (χ0n) is 18.6.